The first kappa shape index (κ1) is 9.19. The molecule has 0 N–H and O–H groups in total. The van der Waals surface area contributed by atoms with E-state index in [9.17, 15) is 9.59 Å². The summed E-state index contributed by atoms with van der Waals surface area (Å²) in [5, 5.41) is 3.04. The van der Waals surface area contributed by atoms with Gasteiger partial charge in [0.25, 0.3) is 0 Å². The lowest BCUT2D eigenvalue weighted by Crippen LogP contribution is -2.46. The zero-order valence-electron chi connectivity index (χ0n) is 7.54. The van der Waals surface area contributed by atoms with Gasteiger partial charge >= 0.3 is 0 Å². The molecular formula is C8H14N2O2. The van der Waals surface area contributed by atoms with Crippen molar-refractivity contribution >= 4 is 11.8 Å². The Kier molecular flexibility index (Phi) is 2.81. The molecule has 12 heavy (non-hydrogen) atoms. The van der Waals surface area contributed by atoms with E-state index < -0.39 is 0 Å². The molecule has 0 bridgehead atoms. The second-order valence-corrected chi connectivity index (χ2v) is 3.01. The van der Waals surface area contributed by atoms with Crippen LogP contribution < -0.4 is 0 Å². The summed E-state index contributed by atoms with van der Waals surface area (Å²) in [7, 11) is 0. The zero-order valence-corrected chi connectivity index (χ0v) is 7.54. The van der Waals surface area contributed by atoms with Crippen molar-refractivity contribution in [1.29, 1.82) is 0 Å². The molecule has 0 atom stereocenters. The van der Waals surface area contributed by atoms with E-state index in [4.69, 9.17) is 0 Å². The number of carbonyl (C=O) groups excluding carboxylic acids is 2. The number of hydrogen-bond acceptors (Lipinski definition) is 3. The van der Waals surface area contributed by atoms with Gasteiger partial charge in [0.15, 0.2) is 0 Å². The van der Waals surface area contributed by atoms with Gasteiger partial charge in [-0.05, 0) is 12.8 Å². The summed E-state index contributed by atoms with van der Waals surface area (Å²) in [6.07, 6.45) is 2.13. The fourth-order valence-corrected chi connectivity index (χ4v) is 1.52. The van der Waals surface area contributed by atoms with Crippen LogP contribution in [0.2, 0.25) is 0 Å². The van der Waals surface area contributed by atoms with Crippen LogP contribution in [0.1, 0.15) is 26.7 Å². The van der Waals surface area contributed by atoms with Crippen molar-refractivity contribution < 1.29 is 9.59 Å². The molecule has 0 aromatic rings. The van der Waals surface area contributed by atoms with Gasteiger partial charge in [-0.3, -0.25) is 9.59 Å². The first-order valence-electron chi connectivity index (χ1n) is 4.19. The van der Waals surface area contributed by atoms with Gasteiger partial charge in [0.05, 0.1) is 0 Å². The van der Waals surface area contributed by atoms with E-state index in [1.54, 1.807) is 0 Å². The lowest BCUT2D eigenvalue weighted by atomic mass is 10.4. The van der Waals surface area contributed by atoms with E-state index in [1.165, 1.54) is 18.9 Å². The van der Waals surface area contributed by atoms with E-state index in [1.807, 2.05) is 5.01 Å². The molecule has 2 amide bonds. The average Bonchev–Trinajstić information content (AvgIpc) is 2.37. The Hall–Kier alpha value is -0.900. The quantitative estimate of drug-likeness (QED) is 0.571. The van der Waals surface area contributed by atoms with Gasteiger partial charge in [0.2, 0.25) is 11.8 Å². The van der Waals surface area contributed by atoms with Crippen LogP contribution in [0.4, 0.5) is 0 Å². The predicted octanol–water partition coefficient (Wildman–Crippen LogP) is 0.392. The summed E-state index contributed by atoms with van der Waals surface area (Å²) in [5.41, 5.74) is 0. The van der Waals surface area contributed by atoms with Crippen LogP contribution in [0.5, 0.6) is 0 Å². The molecule has 1 heterocycles. The summed E-state index contributed by atoms with van der Waals surface area (Å²) in [5.74, 6) is -0.381. The lowest BCUT2D eigenvalue weighted by molar-refractivity contribution is -0.159. The molecule has 68 valence electrons. The second kappa shape index (κ2) is 3.67. The number of amides is 2. The monoisotopic (exact) mass is 170 g/mol. The van der Waals surface area contributed by atoms with Gasteiger partial charge in [-0.15, -0.1) is 0 Å². The standard InChI is InChI=1S/C8H14N2O2/c1-7(11)10(8(2)12)9-5-3-4-6-9/h3-6H2,1-2H3. The highest BCUT2D eigenvalue weighted by molar-refractivity contribution is 5.92. The summed E-state index contributed by atoms with van der Waals surface area (Å²) >= 11 is 0. The third-order valence-corrected chi connectivity index (χ3v) is 1.96. The summed E-state index contributed by atoms with van der Waals surface area (Å²) in [6.45, 7) is 4.47. The van der Waals surface area contributed by atoms with E-state index >= 15 is 0 Å². The van der Waals surface area contributed by atoms with Crippen LogP contribution in [0.25, 0.3) is 0 Å². The maximum Gasteiger partial charge on any atom is 0.240 e. The molecule has 1 rings (SSSR count). The molecule has 0 aromatic carbocycles. The minimum absolute atomic E-state index is 0.190. The van der Waals surface area contributed by atoms with Crippen LogP contribution in [0, 0.1) is 0 Å². The van der Waals surface area contributed by atoms with Gasteiger partial charge in [0.1, 0.15) is 0 Å². The molecule has 0 unspecified atom stereocenters. The minimum Gasteiger partial charge on any atom is -0.273 e. The van der Waals surface area contributed by atoms with E-state index in [0.717, 1.165) is 25.9 Å². The lowest BCUT2D eigenvalue weighted by Gasteiger charge is -2.27. The van der Waals surface area contributed by atoms with Gasteiger partial charge in [-0.2, -0.15) is 0 Å². The Bertz CT molecular complexity index is 183. The molecule has 1 aliphatic heterocycles. The number of rotatable bonds is 1. The Morgan fingerprint density at radius 3 is 1.83 bits per heavy atom. The van der Waals surface area contributed by atoms with Crippen LogP contribution in [-0.4, -0.2) is 34.9 Å². The topological polar surface area (TPSA) is 40.6 Å². The first-order valence-corrected chi connectivity index (χ1v) is 4.19. The number of hydrogen-bond donors (Lipinski definition) is 0. The molecule has 4 nitrogen and oxygen atoms in total. The maximum atomic E-state index is 11.0. The molecule has 4 heteroatoms. The highest BCUT2D eigenvalue weighted by Crippen LogP contribution is 2.11. The fraction of sp³-hybridized carbons (Fsp3) is 0.750. The van der Waals surface area contributed by atoms with Crippen molar-refractivity contribution in [2.24, 2.45) is 0 Å². The predicted molar refractivity (Wildman–Crippen MR) is 44.0 cm³/mol. The molecule has 0 saturated carbocycles. The molecule has 1 fully saturated rings. The zero-order chi connectivity index (χ0) is 9.14. The number of nitrogens with zero attached hydrogens (tertiary/aromatic N) is 2. The highest BCUT2D eigenvalue weighted by Gasteiger charge is 2.24. The maximum absolute atomic E-state index is 11.0. The van der Waals surface area contributed by atoms with Crippen LogP contribution in [-0.2, 0) is 9.59 Å². The smallest absolute Gasteiger partial charge is 0.240 e. The first-order chi connectivity index (χ1) is 5.63. The average molecular weight is 170 g/mol. The summed E-state index contributed by atoms with van der Waals surface area (Å²) < 4.78 is 0. The molecule has 1 saturated heterocycles. The molecule has 0 spiro atoms. The Morgan fingerprint density at radius 1 is 1.08 bits per heavy atom. The van der Waals surface area contributed by atoms with Crippen molar-refractivity contribution in [3.05, 3.63) is 0 Å². The van der Waals surface area contributed by atoms with Crippen LogP contribution >= 0.6 is 0 Å². The second-order valence-electron chi connectivity index (χ2n) is 3.01. The Morgan fingerprint density at radius 2 is 1.50 bits per heavy atom. The molecular weight excluding hydrogens is 156 g/mol. The largest absolute Gasteiger partial charge is 0.273 e. The summed E-state index contributed by atoms with van der Waals surface area (Å²) in [6, 6.07) is 0. The Labute approximate surface area is 72.1 Å². The normalized spacial score (nSPS) is 17.8. The molecule has 0 aliphatic carbocycles. The van der Waals surface area contributed by atoms with Crippen LogP contribution in [0.15, 0.2) is 0 Å². The minimum atomic E-state index is -0.190. The fourth-order valence-electron chi connectivity index (χ4n) is 1.52. The van der Waals surface area contributed by atoms with Gasteiger partial charge in [-0.25, -0.2) is 10.0 Å². The number of carbonyl (C=O) groups is 2. The third kappa shape index (κ3) is 1.82. The van der Waals surface area contributed by atoms with E-state index in [2.05, 4.69) is 0 Å². The van der Waals surface area contributed by atoms with Crippen molar-refractivity contribution in [2.45, 2.75) is 26.7 Å². The number of hydrazine groups is 1. The van der Waals surface area contributed by atoms with E-state index in [0.29, 0.717) is 0 Å². The Balaban J connectivity index is 2.64. The molecule has 0 radical (unpaired) electrons. The number of imide groups is 1. The van der Waals surface area contributed by atoms with Crippen LogP contribution in [0.3, 0.4) is 0 Å². The third-order valence-electron chi connectivity index (χ3n) is 1.96. The van der Waals surface area contributed by atoms with Crippen molar-refractivity contribution in [3.8, 4) is 0 Å². The van der Waals surface area contributed by atoms with Crippen molar-refractivity contribution in [3.63, 3.8) is 0 Å². The van der Waals surface area contributed by atoms with Crippen molar-refractivity contribution in [1.82, 2.24) is 10.0 Å². The van der Waals surface area contributed by atoms with Gasteiger partial charge in [-0.1, -0.05) is 0 Å². The SMILES string of the molecule is CC(=O)N(C(C)=O)N1CCCC1. The van der Waals surface area contributed by atoms with E-state index in [-0.39, 0.29) is 11.8 Å². The van der Waals surface area contributed by atoms with Gasteiger partial charge in [0, 0.05) is 26.9 Å². The highest BCUT2D eigenvalue weighted by atomic mass is 16.2. The molecule has 1 aliphatic rings. The molecule has 0 aromatic heterocycles. The van der Waals surface area contributed by atoms with Gasteiger partial charge < -0.3 is 0 Å². The van der Waals surface area contributed by atoms with Crippen molar-refractivity contribution in [2.75, 3.05) is 13.1 Å². The summed E-state index contributed by atoms with van der Waals surface area (Å²) in [4.78, 5) is 22.1.